The van der Waals surface area contributed by atoms with Gasteiger partial charge in [0, 0.05) is 6.07 Å². The normalized spacial score (nSPS) is 12.6. The van der Waals surface area contributed by atoms with Gasteiger partial charge in [-0.1, -0.05) is 6.08 Å². The van der Waals surface area contributed by atoms with E-state index < -0.39 is 17.7 Å². The highest BCUT2D eigenvalue weighted by Crippen LogP contribution is 2.16. The Kier molecular flexibility index (Phi) is 2.55. The van der Waals surface area contributed by atoms with E-state index in [0.717, 1.165) is 18.2 Å². The van der Waals surface area contributed by atoms with Crippen LogP contribution in [-0.4, -0.2) is 5.11 Å². The van der Waals surface area contributed by atoms with Crippen molar-refractivity contribution in [1.82, 2.24) is 0 Å². The fourth-order valence-corrected chi connectivity index (χ4v) is 0.882. The Bertz CT molecular complexity index is 276. The molecule has 0 aliphatic carbocycles. The van der Waals surface area contributed by atoms with Gasteiger partial charge >= 0.3 is 0 Å². The van der Waals surface area contributed by atoms with Gasteiger partial charge in [-0.15, -0.1) is 6.58 Å². The van der Waals surface area contributed by atoms with Crippen molar-refractivity contribution in [2.45, 2.75) is 6.10 Å². The van der Waals surface area contributed by atoms with Crippen LogP contribution < -0.4 is 0 Å². The summed E-state index contributed by atoms with van der Waals surface area (Å²) < 4.78 is 25.1. The second-order valence-corrected chi connectivity index (χ2v) is 2.38. The van der Waals surface area contributed by atoms with Gasteiger partial charge in [-0.05, 0) is 17.7 Å². The van der Waals surface area contributed by atoms with Crippen LogP contribution in [0.2, 0.25) is 0 Å². The average molecular weight is 170 g/mol. The molecule has 1 aromatic rings. The van der Waals surface area contributed by atoms with E-state index in [1.165, 1.54) is 6.08 Å². The third kappa shape index (κ3) is 1.89. The second kappa shape index (κ2) is 3.45. The molecule has 1 atom stereocenters. The van der Waals surface area contributed by atoms with E-state index in [1.54, 1.807) is 0 Å². The monoisotopic (exact) mass is 170 g/mol. The summed E-state index contributed by atoms with van der Waals surface area (Å²) in [6, 6.07) is 2.88. The van der Waals surface area contributed by atoms with E-state index in [-0.39, 0.29) is 5.56 Å². The minimum absolute atomic E-state index is 0.169. The third-order valence-corrected chi connectivity index (χ3v) is 1.45. The van der Waals surface area contributed by atoms with Crippen molar-refractivity contribution in [2.75, 3.05) is 0 Å². The lowest BCUT2D eigenvalue weighted by atomic mass is 10.1. The molecule has 1 nitrogen and oxygen atoms in total. The number of aliphatic hydroxyl groups excluding tert-OH is 1. The zero-order valence-corrected chi connectivity index (χ0v) is 6.30. The fraction of sp³-hybridized carbons (Fsp3) is 0.111. The molecule has 0 saturated heterocycles. The molecule has 1 N–H and O–H groups in total. The van der Waals surface area contributed by atoms with Crippen LogP contribution in [-0.2, 0) is 0 Å². The number of hydrogen-bond donors (Lipinski definition) is 1. The molecule has 0 aliphatic heterocycles. The first kappa shape index (κ1) is 8.87. The van der Waals surface area contributed by atoms with Crippen molar-refractivity contribution >= 4 is 0 Å². The van der Waals surface area contributed by atoms with Gasteiger partial charge in [-0.25, -0.2) is 8.78 Å². The lowest BCUT2D eigenvalue weighted by molar-refractivity contribution is 0.228. The van der Waals surface area contributed by atoms with Gasteiger partial charge in [0.1, 0.15) is 11.6 Å². The van der Waals surface area contributed by atoms with Crippen molar-refractivity contribution < 1.29 is 13.9 Å². The summed E-state index contributed by atoms with van der Waals surface area (Å²) >= 11 is 0. The second-order valence-electron chi connectivity index (χ2n) is 2.38. The van der Waals surface area contributed by atoms with Crippen LogP contribution in [0.15, 0.2) is 30.9 Å². The van der Waals surface area contributed by atoms with Gasteiger partial charge in [0.25, 0.3) is 0 Å². The Labute approximate surface area is 69.0 Å². The van der Waals surface area contributed by atoms with E-state index in [4.69, 9.17) is 5.11 Å². The SMILES string of the molecule is C=CC(O)c1cc(F)cc(F)c1. The zero-order chi connectivity index (χ0) is 9.14. The van der Waals surface area contributed by atoms with Crippen LogP contribution in [0.3, 0.4) is 0 Å². The third-order valence-electron chi connectivity index (χ3n) is 1.45. The Morgan fingerprint density at radius 3 is 2.17 bits per heavy atom. The topological polar surface area (TPSA) is 20.2 Å². The Hall–Kier alpha value is -1.22. The van der Waals surface area contributed by atoms with E-state index >= 15 is 0 Å². The number of hydrogen-bond acceptors (Lipinski definition) is 1. The summed E-state index contributed by atoms with van der Waals surface area (Å²) in [5, 5.41) is 9.13. The molecule has 3 heteroatoms. The molecule has 0 radical (unpaired) electrons. The number of halogens is 2. The summed E-state index contributed by atoms with van der Waals surface area (Å²) in [5.74, 6) is -1.41. The number of aliphatic hydroxyl groups is 1. The van der Waals surface area contributed by atoms with E-state index in [2.05, 4.69) is 6.58 Å². The molecule has 0 amide bonds. The lowest BCUT2D eigenvalue weighted by Crippen LogP contribution is -1.94. The molecule has 1 rings (SSSR count). The average Bonchev–Trinajstić information content (AvgIpc) is 2.01. The Morgan fingerprint density at radius 2 is 1.75 bits per heavy atom. The maximum Gasteiger partial charge on any atom is 0.126 e. The largest absolute Gasteiger partial charge is 0.384 e. The van der Waals surface area contributed by atoms with E-state index in [0.29, 0.717) is 0 Å². The summed E-state index contributed by atoms with van der Waals surface area (Å²) in [6.45, 7) is 3.30. The summed E-state index contributed by atoms with van der Waals surface area (Å²) in [6.07, 6.45) is 0.184. The van der Waals surface area contributed by atoms with E-state index in [1.807, 2.05) is 0 Å². The van der Waals surface area contributed by atoms with E-state index in [9.17, 15) is 8.78 Å². The molecule has 0 aromatic heterocycles. The van der Waals surface area contributed by atoms with Gasteiger partial charge in [0.15, 0.2) is 0 Å². The maximum absolute atomic E-state index is 12.5. The highest BCUT2D eigenvalue weighted by atomic mass is 19.1. The van der Waals surface area contributed by atoms with Crippen molar-refractivity contribution in [3.05, 3.63) is 48.1 Å². The molecular weight excluding hydrogens is 162 g/mol. The van der Waals surface area contributed by atoms with Gasteiger partial charge in [0.05, 0.1) is 6.10 Å². The van der Waals surface area contributed by atoms with Gasteiger partial charge in [0.2, 0.25) is 0 Å². The van der Waals surface area contributed by atoms with Crippen molar-refractivity contribution in [3.8, 4) is 0 Å². The first-order chi connectivity index (χ1) is 5.63. The molecule has 0 saturated carbocycles. The fourth-order valence-electron chi connectivity index (χ4n) is 0.882. The predicted molar refractivity (Wildman–Crippen MR) is 41.5 cm³/mol. The molecule has 12 heavy (non-hydrogen) atoms. The maximum atomic E-state index is 12.5. The predicted octanol–water partition coefficient (Wildman–Crippen LogP) is 2.18. The molecule has 0 heterocycles. The van der Waals surface area contributed by atoms with Crippen molar-refractivity contribution in [3.63, 3.8) is 0 Å². The number of benzene rings is 1. The van der Waals surface area contributed by atoms with Crippen LogP contribution in [0, 0.1) is 11.6 Å². The quantitative estimate of drug-likeness (QED) is 0.674. The van der Waals surface area contributed by atoms with Gasteiger partial charge in [-0.3, -0.25) is 0 Å². The molecule has 0 spiro atoms. The van der Waals surface area contributed by atoms with Crippen LogP contribution in [0.1, 0.15) is 11.7 Å². The molecule has 0 bridgehead atoms. The van der Waals surface area contributed by atoms with Crippen LogP contribution in [0.25, 0.3) is 0 Å². The first-order valence-corrected chi connectivity index (χ1v) is 3.40. The molecular formula is C9H8F2O. The zero-order valence-electron chi connectivity index (χ0n) is 6.30. The minimum Gasteiger partial charge on any atom is -0.384 e. The van der Waals surface area contributed by atoms with Crippen molar-refractivity contribution in [1.29, 1.82) is 0 Å². The molecule has 1 unspecified atom stereocenters. The Balaban J connectivity index is 3.08. The summed E-state index contributed by atoms with van der Waals surface area (Å²) in [4.78, 5) is 0. The van der Waals surface area contributed by atoms with Gasteiger partial charge < -0.3 is 5.11 Å². The summed E-state index contributed by atoms with van der Waals surface area (Å²) in [5.41, 5.74) is 0.169. The minimum atomic E-state index is -1.02. The molecule has 1 aromatic carbocycles. The summed E-state index contributed by atoms with van der Waals surface area (Å²) in [7, 11) is 0. The highest BCUT2D eigenvalue weighted by Gasteiger charge is 2.05. The lowest BCUT2D eigenvalue weighted by Gasteiger charge is -2.04. The molecule has 0 fully saturated rings. The standard InChI is InChI=1S/C9H8F2O/c1-2-9(12)6-3-7(10)5-8(11)4-6/h2-5,9,12H,1H2. The smallest absolute Gasteiger partial charge is 0.126 e. The Morgan fingerprint density at radius 1 is 1.25 bits per heavy atom. The van der Waals surface area contributed by atoms with Crippen LogP contribution >= 0.6 is 0 Å². The number of rotatable bonds is 2. The van der Waals surface area contributed by atoms with Crippen LogP contribution in [0.5, 0.6) is 0 Å². The molecule has 64 valence electrons. The highest BCUT2D eigenvalue weighted by molar-refractivity contribution is 5.22. The van der Waals surface area contributed by atoms with Crippen molar-refractivity contribution in [2.24, 2.45) is 0 Å². The first-order valence-electron chi connectivity index (χ1n) is 3.40. The van der Waals surface area contributed by atoms with Gasteiger partial charge in [-0.2, -0.15) is 0 Å². The van der Waals surface area contributed by atoms with Crippen LogP contribution in [0.4, 0.5) is 8.78 Å². The molecule has 0 aliphatic rings.